The molecule has 0 spiro atoms. The maximum Gasteiger partial charge on any atom is 0.224 e. The number of hydrogen-bond donors (Lipinski definition) is 1. The molecule has 1 aliphatic carbocycles. The fourth-order valence-corrected chi connectivity index (χ4v) is 3.11. The Morgan fingerprint density at radius 1 is 1.33 bits per heavy atom. The normalized spacial score (nSPS) is 17.5. The molecule has 4 nitrogen and oxygen atoms in total. The fraction of sp³-hybridized carbons (Fsp3) is 0.647. The van der Waals surface area contributed by atoms with Crippen molar-refractivity contribution >= 4 is 5.91 Å². The van der Waals surface area contributed by atoms with Crippen molar-refractivity contribution in [2.75, 3.05) is 6.54 Å². The summed E-state index contributed by atoms with van der Waals surface area (Å²) in [5.74, 6) is 0.158. The van der Waals surface area contributed by atoms with E-state index in [1.54, 1.807) is 0 Å². The highest BCUT2D eigenvalue weighted by atomic mass is 16.2. The third kappa shape index (κ3) is 4.53. The van der Waals surface area contributed by atoms with Crippen LogP contribution in [0.4, 0.5) is 0 Å². The van der Waals surface area contributed by atoms with Crippen LogP contribution in [0.3, 0.4) is 0 Å². The van der Waals surface area contributed by atoms with Gasteiger partial charge < -0.3 is 10.6 Å². The zero-order valence-corrected chi connectivity index (χ0v) is 13.3. The van der Waals surface area contributed by atoms with Gasteiger partial charge in [-0.05, 0) is 38.8 Å². The molecule has 2 rings (SSSR count). The Kier molecular flexibility index (Phi) is 5.34. The zero-order valence-electron chi connectivity index (χ0n) is 13.3. The summed E-state index contributed by atoms with van der Waals surface area (Å²) < 4.78 is 0. The van der Waals surface area contributed by atoms with E-state index in [9.17, 15) is 4.79 Å². The quantitative estimate of drug-likeness (QED) is 0.906. The monoisotopic (exact) mass is 289 g/mol. The van der Waals surface area contributed by atoms with Crippen molar-refractivity contribution < 1.29 is 4.79 Å². The average molecular weight is 289 g/mol. The average Bonchev–Trinajstić information content (AvgIpc) is 2.45. The van der Waals surface area contributed by atoms with E-state index >= 15 is 0 Å². The van der Waals surface area contributed by atoms with E-state index < -0.39 is 0 Å². The van der Waals surface area contributed by atoms with Crippen molar-refractivity contribution in [2.45, 2.75) is 64.5 Å². The molecule has 1 aliphatic rings. The van der Waals surface area contributed by atoms with Gasteiger partial charge in [0, 0.05) is 24.2 Å². The molecule has 0 bridgehead atoms. The van der Waals surface area contributed by atoms with Crippen molar-refractivity contribution in [3.8, 4) is 0 Å². The van der Waals surface area contributed by atoms with Gasteiger partial charge in [-0.1, -0.05) is 25.3 Å². The van der Waals surface area contributed by atoms with Crippen LogP contribution < -0.4 is 5.73 Å². The SMILES string of the molecule is CCN(Cc1cccc(C)n1)C(=O)CC1(N)CCCCC1. The number of carbonyl (C=O) groups excluding carboxylic acids is 1. The number of aryl methyl sites for hydroxylation is 1. The molecule has 0 aliphatic heterocycles. The Bertz CT molecular complexity index is 481. The highest BCUT2D eigenvalue weighted by molar-refractivity contribution is 5.77. The van der Waals surface area contributed by atoms with Crippen LogP contribution in [-0.2, 0) is 11.3 Å². The lowest BCUT2D eigenvalue weighted by Crippen LogP contribution is -2.46. The van der Waals surface area contributed by atoms with E-state index in [1.807, 2.05) is 36.9 Å². The Morgan fingerprint density at radius 2 is 2.05 bits per heavy atom. The Labute approximate surface area is 127 Å². The zero-order chi connectivity index (χ0) is 15.3. The summed E-state index contributed by atoms with van der Waals surface area (Å²) in [5, 5.41) is 0. The Morgan fingerprint density at radius 3 is 2.67 bits per heavy atom. The van der Waals surface area contributed by atoms with E-state index in [4.69, 9.17) is 5.73 Å². The smallest absolute Gasteiger partial charge is 0.224 e. The van der Waals surface area contributed by atoms with E-state index in [0.717, 1.165) is 37.1 Å². The molecule has 0 atom stereocenters. The second-order valence-corrected chi connectivity index (χ2v) is 6.28. The van der Waals surface area contributed by atoms with Crippen molar-refractivity contribution in [1.82, 2.24) is 9.88 Å². The molecule has 1 amide bonds. The molecule has 1 fully saturated rings. The summed E-state index contributed by atoms with van der Waals surface area (Å²) in [6.07, 6.45) is 5.95. The number of pyridine rings is 1. The molecule has 0 saturated heterocycles. The van der Waals surface area contributed by atoms with Gasteiger partial charge in [0.15, 0.2) is 0 Å². The third-order valence-electron chi connectivity index (χ3n) is 4.39. The van der Waals surface area contributed by atoms with Gasteiger partial charge in [-0.2, -0.15) is 0 Å². The molecule has 1 aromatic rings. The minimum Gasteiger partial charge on any atom is -0.337 e. The first kappa shape index (κ1) is 16.0. The van der Waals surface area contributed by atoms with Gasteiger partial charge in [0.05, 0.1) is 12.2 Å². The van der Waals surface area contributed by atoms with Gasteiger partial charge in [-0.25, -0.2) is 0 Å². The van der Waals surface area contributed by atoms with Gasteiger partial charge in [0.2, 0.25) is 5.91 Å². The number of nitrogens with zero attached hydrogens (tertiary/aromatic N) is 2. The predicted octanol–water partition coefficient (Wildman–Crippen LogP) is 2.79. The number of amides is 1. The maximum absolute atomic E-state index is 12.6. The van der Waals surface area contributed by atoms with Crippen LogP contribution in [0, 0.1) is 6.92 Å². The second-order valence-electron chi connectivity index (χ2n) is 6.28. The van der Waals surface area contributed by atoms with Gasteiger partial charge in [-0.15, -0.1) is 0 Å². The molecule has 116 valence electrons. The predicted molar refractivity (Wildman–Crippen MR) is 84.7 cm³/mol. The van der Waals surface area contributed by atoms with E-state index in [-0.39, 0.29) is 11.4 Å². The van der Waals surface area contributed by atoms with Crippen molar-refractivity contribution in [2.24, 2.45) is 5.73 Å². The van der Waals surface area contributed by atoms with Crippen LogP contribution in [0.25, 0.3) is 0 Å². The minimum absolute atomic E-state index is 0.158. The lowest BCUT2D eigenvalue weighted by molar-refractivity contribution is -0.133. The van der Waals surface area contributed by atoms with Gasteiger partial charge in [0.25, 0.3) is 0 Å². The van der Waals surface area contributed by atoms with E-state index in [0.29, 0.717) is 19.5 Å². The summed E-state index contributed by atoms with van der Waals surface area (Å²) in [7, 11) is 0. The lowest BCUT2D eigenvalue weighted by Gasteiger charge is -2.34. The molecular weight excluding hydrogens is 262 g/mol. The molecule has 0 radical (unpaired) electrons. The molecule has 21 heavy (non-hydrogen) atoms. The number of carbonyl (C=O) groups is 1. The summed E-state index contributed by atoms with van der Waals surface area (Å²) in [6, 6.07) is 5.93. The lowest BCUT2D eigenvalue weighted by atomic mass is 9.80. The topological polar surface area (TPSA) is 59.2 Å². The minimum atomic E-state index is -0.289. The highest BCUT2D eigenvalue weighted by Gasteiger charge is 2.31. The fourth-order valence-electron chi connectivity index (χ4n) is 3.11. The van der Waals surface area contributed by atoms with Crippen molar-refractivity contribution in [3.05, 3.63) is 29.6 Å². The van der Waals surface area contributed by atoms with Crippen molar-refractivity contribution in [1.29, 1.82) is 0 Å². The van der Waals surface area contributed by atoms with Crippen LogP contribution in [-0.4, -0.2) is 27.9 Å². The molecule has 2 N–H and O–H groups in total. The second kappa shape index (κ2) is 7.03. The molecule has 1 saturated carbocycles. The standard InChI is InChI=1S/C17H27N3O/c1-3-20(13-15-9-7-8-14(2)19-15)16(21)12-17(18)10-5-4-6-11-17/h7-9H,3-6,10-13,18H2,1-2H3. The molecular formula is C17H27N3O. The first-order valence-corrected chi connectivity index (χ1v) is 8.01. The number of aromatic nitrogens is 1. The largest absolute Gasteiger partial charge is 0.337 e. The summed E-state index contributed by atoms with van der Waals surface area (Å²) >= 11 is 0. The summed E-state index contributed by atoms with van der Waals surface area (Å²) in [6.45, 7) is 5.26. The number of hydrogen-bond acceptors (Lipinski definition) is 3. The Balaban J connectivity index is 1.98. The van der Waals surface area contributed by atoms with Crippen LogP contribution in [0.15, 0.2) is 18.2 Å². The van der Waals surface area contributed by atoms with E-state index in [2.05, 4.69) is 4.98 Å². The first-order chi connectivity index (χ1) is 10.0. The number of nitrogens with two attached hydrogens (primary N) is 1. The highest BCUT2D eigenvalue weighted by Crippen LogP contribution is 2.29. The molecule has 1 aromatic heterocycles. The summed E-state index contributed by atoms with van der Waals surface area (Å²) in [5.41, 5.74) is 8.05. The van der Waals surface area contributed by atoms with E-state index in [1.165, 1.54) is 6.42 Å². The Hall–Kier alpha value is -1.42. The van der Waals surface area contributed by atoms with Gasteiger partial charge >= 0.3 is 0 Å². The van der Waals surface area contributed by atoms with Crippen LogP contribution in [0.1, 0.15) is 56.8 Å². The van der Waals surface area contributed by atoms with Crippen LogP contribution >= 0.6 is 0 Å². The van der Waals surface area contributed by atoms with Gasteiger partial charge in [-0.3, -0.25) is 9.78 Å². The van der Waals surface area contributed by atoms with Gasteiger partial charge in [0.1, 0.15) is 0 Å². The molecule has 4 heteroatoms. The summed E-state index contributed by atoms with van der Waals surface area (Å²) in [4.78, 5) is 18.9. The van der Waals surface area contributed by atoms with Crippen LogP contribution in [0.2, 0.25) is 0 Å². The third-order valence-corrected chi connectivity index (χ3v) is 4.39. The van der Waals surface area contributed by atoms with Crippen molar-refractivity contribution in [3.63, 3.8) is 0 Å². The molecule has 0 aromatic carbocycles. The molecule has 1 heterocycles. The molecule has 0 unspecified atom stereocenters. The first-order valence-electron chi connectivity index (χ1n) is 8.01. The maximum atomic E-state index is 12.6. The number of rotatable bonds is 5. The van der Waals surface area contributed by atoms with Crippen LogP contribution in [0.5, 0.6) is 0 Å².